The Morgan fingerprint density at radius 2 is 1.78 bits per heavy atom. The van der Waals surface area contributed by atoms with Crippen molar-refractivity contribution in [2.45, 2.75) is 13.3 Å². The Labute approximate surface area is 157 Å². The van der Waals surface area contributed by atoms with Gasteiger partial charge in [-0.3, -0.25) is 9.59 Å². The molecule has 0 aliphatic carbocycles. The lowest BCUT2D eigenvalue weighted by Gasteiger charge is -2.07. The van der Waals surface area contributed by atoms with Crippen LogP contribution < -0.4 is 10.6 Å². The third kappa shape index (κ3) is 5.22. The second-order valence-corrected chi connectivity index (χ2v) is 6.04. The number of benzene rings is 2. The molecule has 0 bridgehead atoms. The molecular weight excluding hydrogens is 340 g/mol. The summed E-state index contributed by atoms with van der Waals surface area (Å²) in [5.74, 6) is 0.178. The van der Waals surface area contributed by atoms with Crippen molar-refractivity contribution < 1.29 is 9.59 Å². The summed E-state index contributed by atoms with van der Waals surface area (Å²) < 4.78 is 0. The molecule has 27 heavy (non-hydrogen) atoms. The fourth-order valence-electron chi connectivity index (χ4n) is 2.53. The van der Waals surface area contributed by atoms with Crippen molar-refractivity contribution in [1.29, 1.82) is 0 Å². The minimum Gasteiger partial charge on any atom is -0.368 e. The minimum absolute atomic E-state index is 0.0585. The number of rotatable bonds is 7. The van der Waals surface area contributed by atoms with Crippen LogP contribution >= 0.6 is 0 Å². The molecule has 6 heteroatoms. The zero-order chi connectivity index (χ0) is 19.1. The van der Waals surface area contributed by atoms with Gasteiger partial charge in [-0.25, -0.2) is 9.97 Å². The highest BCUT2D eigenvalue weighted by Gasteiger charge is 2.09. The van der Waals surface area contributed by atoms with Crippen LogP contribution in [0.5, 0.6) is 0 Å². The van der Waals surface area contributed by atoms with E-state index in [4.69, 9.17) is 0 Å². The summed E-state index contributed by atoms with van der Waals surface area (Å²) in [7, 11) is 0. The summed E-state index contributed by atoms with van der Waals surface area (Å²) in [6.07, 6.45) is 3.83. The Hall–Kier alpha value is -3.54. The molecule has 1 aromatic heterocycles. The number of carbonyl (C=O) groups is 2. The molecule has 0 spiro atoms. The molecule has 3 rings (SSSR count). The number of amides is 1. The van der Waals surface area contributed by atoms with Crippen LogP contribution in [0, 0.1) is 0 Å². The average Bonchev–Trinajstić information content (AvgIpc) is 2.69. The smallest absolute Gasteiger partial charge is 0.275 e. The number of hydrogen-bond donors (Lipinski definition) is 2. The fourth-order valence-corrected chi connectivity index (χ4v) is 2.53. The van der Waals surface area contributed by atoms with Crippen LogP contribution in [0.4, 0.5) is 11.5 Å². The van der Waals surface area contributed by atoms with Gasteiger partial charge in [0.15, 0.2) is 5.78 Å². The maximum Gasteiger partial charge on any atom is 0.275 e. The standard InChI is InChI=1S/C21H20N4O2/c1-15(26)17-8-5-9-18(12-17)25-21(27)19-13-24-20(14-23-19)22-11-10-16-6-3-2-4-7-16/h2-9,12-14H,10-11H2,1H3,(H,22,24)(H,25,27). The van der Waals surface area contributed by atoms with Crippen LogP contribution in [0.2, 0.25) is 0 Å². The van der Waals surface area contributed by atoms with Crippen LogP contribution in [0.15, 0.2) is 67.0 Å². The molecule has 0 saturated carbocycles. The summed E-state index contributed by atoms with van der Waals surface area (Å²) in [6, 6.07) is 16.9. The van der Waals surface area contributed by atoms with Crippen LogP contribution in [-0.2, 0) is 6.42 Å². The lowest BCUT2D eigenvalue weighted by atomic mass is 10.1. The van der Waals surface area contributed by atoms with E-state index < -0.39 is 0 Å². The van der Waals surface area contributed by atoms with Crippen molar-refractivity contribution in [3.8, 4) is 0 Å². The second-order valence-electron chi connectivity index (χ2n) is 6.04. The Morgan fingerprint density at radius 1 is 0.963 bits per heavy atom. The molecule has 6 nitrogen and oxygen atoms in total. The monoisotopic (exact) mass is 360 g/mol. The molecule has 1 amide bonds. The van der Waals surface area contributed by atoms with Crippen molar-refractivity contribution >= 4 is 23.2 Å². The fraction of sp³-hybridized carbons (Fsp3) is 0.143. The van der Waals surface area contributed by atoms with E-state index in [0.717, 1.165) is 13.0 Å². The maximum atomic E-state index is 12.3. The minimum atomic E-state index is -0.376. The number of ketones is 1. The summed E-state index contributed by atoms with van der Waals surface area (Å²) in [6.45, 7) is 2.21. The highest BCUT2D eigenvalue weighted by atomic mass is 16.2. The molecule has 0 radical (unpaired) electrons. The SMILES string of the molecule is CC(=O)c1cccc(NC(=O)c2cnc(NCCc3ccccc3)cn2)c1. The molecule has 0 unspecified atom stereocenters. The van der Waals surface area contributed by atoms with Gasteiger partial charge >= 0.3 is 0 Å². The second kappa shape index (κ2) is 8.71. The van der Waals surface area contributed by atoms with Crippen molar-refractivity contribution in [3.63, 3.8) is 0 Å². The van der Waals surface area contributed by atoms with E-state index in [9.17, 15) is 9.59 Å². The molecule has 3 aromatic rings. The predicted molar refractivity (Wildman–Crippen MR) is 105 cm³/mol. The first-order valence-corrected chi connectivity index (χ1v) is 8.64. The Kier molecular flexibility index (Phi) is 5.89. The number of hydrogen-bond acceptors (Lipinski definition) is 5. The van der Waals surface area contributed by atoms with Gasteiger partial charge < -0.3 is 10.6 Å². The van der Waals surface area contributed by atoms with Gasteiger partial charge in [0, 0.05) is 17.8 Å². The summed E-state index contributed by atoms with van der Waals surface area (Å²) >= 11 is 0. The number of Topliss-reactive ketones (excluding diaryl/α,β-unsaturated/α-hetero) is 1. The number of anilines is 2. The number of carbonyl (C=O) groups excluding carboxylic acids is 2. The van der Waals surface area contributed by atoms with E-state index >= 15 is 0 Å². The molecule has 0 aliphatic rings. The van der Waals surface area contributed by atoms with Gasteiger partial charge in [0.1, 0.15) is 11.5 Å². The number of nitrogens with one attached hydrogen (secondary N) is 2. The zero-order valence-electron chi connectivity index (χ0n) is 15.0. The molecule has 0 aliphatic heterocycles. The molecule has 2 aromatic carbocycles. The van der Waals surface area contributed by atoms with Gasteiger partial charge in [-0.05, 0) is 31.0 Å². The van der Waals surface area contributed by atoms with Gasteiger partial charge in [0.25, 0.3) is 5.91 Å². The quantitative estimate of drug-likeness (QED) is 0.629. The molecule has 136 valence electrons. The van der Waals surface area contributed by atoms with Crippen molar-refractivity contribution in [2.75, 3.05) is 17.2 Å². The normalized spacial score (nSPS) is 10.3. The molecule has 0 atom stereocenters. The third-order valence-electron chi connectivity index (χ3n) is 3.97. The predicted octanol–water partition coefficient (Wildman–Crippen LogP) is 3.59. The van der Waals surface area contributed by atoms with E-state index in [1.807, 2.05) is 18.2 Å². The van der Waals surface area contributed by atoms with Crippen molar-refractivity contribution in [2.24, 2.45) is 0 Å². The van der Waals surface area contributed by atoms with Gasteiger partial charge in [-0.1, -0.05) is 42.5 Å². The average molecular weight is 360 g/mol. The summed E-state index contributed by atoms with van der Waals surface area (Å²) in [5, 5.41) is 5.91. The summed E-state index contributed by atoms with van der Waals surface area (Å²) in [4.78, 5) is 32.1. The topological polar surface area (TPSA) is 84.0 Å². The van der Waals surface area contributed by atoms with Gasteiger partial charge in [-0.2, -0.15) is 0 Å². The van der Waals surface area contributed by atoms with Gasteiger partial charge in [-0.15, -0.1) is 0 Å². The van der Waals surface area contributed by atoms with E-state index in [1.165, 1.54) is 24.9 Å². The number of aromatic nitrogens is 2. The molecule has 0 fully saturated rings. The van der Waals surface area contributed by atoms with Crippen molar-refractivity contribution in [1.82, 2.24) is 9.97 Å². The Morgan fingerprint density at radius 3 is 2.48 bits per heavy atom. The highest BCUT2D eigenvalue weighted by molar-refractivity contribution is 6.03. The zero-order valence-corrected chi connectivity index (χ0v) is 15.0. The molecular formula is C21H20N4O2. The van der Waals surface area contributed by atoms with Crippen LogP contribution in [0.25, 0.3) is 0 Å². The van der Waals surface area contributed by atoms with E-state index in [1.54, 1.807) is 24.3 Å². The lowest BCUT2D eigenvalue weighted by molar-refractivity contribution is 0.100. The van der Waals surface area contributed by atoms with Gasteiger partial charge in [0.05, 0.1) is 12.4 Å². The van der Waals surface area contributed by atoms with Crippen LogP contribution in [0.1, 0.15) is 33.3 Å². The first kappa shape index (κ1) is 18.3. The first-order valence-electron chi connectivity index (χ1n) is 8.64. The first-order chi connectivity index (χ1) is 13.1. The third-order valence-corrected chi connectivity index (χ3v) is 3.97. The Balaban J connectivity index is 1.55. The van der Waals surface area contributed by atoms with Gasteiger partial charge in [0.2, 0.25) is 0 Å². The molecule has 0 saturated heterocycles. The van der Waals surface area contributed by atoms with Crippen molar-refractivity contribution in [3.05, 3.63) is 83.8 Å². The summed E-state index contributed by atoms with van der Waals surface area (Å²) in [5.41, 5.74) is 2.52. The number of nitrogens with zero attached hydrogens (tertiary/aromatic N) is 2. The molecule has 2 N–H and O–H groups in total. The van der Waals surface area contributed by atoms with Crippen LogP contribution in [-0.4, -0.2) is 28.2 Å². The highest BCUT2D eigenvalue weighted by Crippen LogP contribution is 2.12. The molecule has 1 heterocycles. The van der Waals surface area contributed by atoms with E-state index in [2.05, 4.69) is 32.7 Å². The van der Waals surface area contributed by atoms with E-state index in [0.29, 0.717) is 17.1 Å². The maximum absolute atomic E-state index is 12.3. The van der Waals surface area contributed by atoms with Crippen LogP contribution in [0.3, 0.4) is 0 Å². The largest absolute Gasteiger partial charge is 0.368 e. The van der Waals surface area contributed by atoms with E-state index in [-0.39, 0.29) is 17.4 Å². The Bertz CT molecular complexity index is 924. The lowest BCUT2D eigenvalue weighted by Crippen LogP contribution is -2.15.